The lowest BCUT2D eigenvalue weighted by atomic mass is 10.1. The molecule has 0 aromatic rings. The van der Waals surface area contributed by atoms with Crippen molar-refractivity contribution in [1.82, 2.24) is 4.90 Å². The number of halogens is 1. The highest BCUT2D eigenvalue weighted by Gasteiger charge is 2.56. The van der Waals surface area contributed by atoms with E-state index in [4.69, 9.17) is 0 Å². The highest BCUT2D eigenvalue weighted by atomic mass is 127. The first kappa shape index (κ1) is 12.3. The van der Waals surface area contributed by atoms with Crippen molar-refractivity contribution in [3.63, 3.8) is 0 Å². The minimum Gasteiger partial charge on any atom is -0.337 e. The average molecular weight is 309 g/mol. The van der Waals surface area contributed by atoms with E-state index >= 15 is 0 Å². The second kappa shape index (κ2) is 3.99. The molecule has 2 atom stereocenters. The summed E-state index contributed by atoms with van der Waals surface area (Å²) < 4.78 is 0.535. The van der Waals surface area contributed by atoms with Gasteiger partial charge in [0.2, 0.25) is 5.91 Å². The molecular weight excluding hydrogens is 289 g/mol. The van der Waals surface area contributed by atoms with Gasteiger partial charge in [0.05, 0.1) is 5.41 Å². The predicted molar refractivity (Wildman–Crippen MR) is 67.7 cm³/mol. The molecule has 0 bridgehead atoms. The van der Waals surface area contributed by atoms with E-state index in [1.807, 2.05) is 4.90 Å². The third-order valence-corrected chi connectivity index (χ3v) is 4.79. The Hall–Kier alpha value is 0.200. The molecule has 3 heteroatoms. The van der Waals surface area contributed by atoms with Gasteiger partial charge in [-0.25, -0.2) is 0 Å². The Bertz CT molecular complexity index is 231. The first-order valence-electron chi connectivity index (χ1n) is 5.27. The molecule has 0 unspecified atom stereocenters. The number of carbonyl (C=O) groups is 1. The summed E-state index contributed by atoms with van der Waals surface area (Å²) >= 11 is 2.38. The van der Waals surface area contributed by atoms with Crippen LogP contribution in [0, 0.1) is 5.41 Å². The molecule has 82 valence electrons. The molecule has 1 amide bonds. The normalized spacial score (nSPS) is 31.0. The van der Waals surface area contributed by atoms with Gasteiger partial charge in [0.15, 0.2) is 0 Å². The molecule has 1 aliphatic rings. The molecule has 1 saturated carbocycles. The molecule has 0 saturated heterocycles. The number of rotatable bonds is 3. The molecule has 0 aromatic carbocycles. The highest BCUT2D eigenvalue weighted by molar-refractivity contribution is 14.1. The van der Waals surface area contributed by atoms with Gasteiger partial charge in [-0.05, 0) is 41.0 Å². The minimum atomic E-state index is -0.0743. The fourth-order valence-electron chi connectivity index (χ4n) is 1.89. The minimum absolute atomic E-state index is 0.0743. The maximum atomic E-state index is 12.2. The zero-order valence-electron chi connectivity index (χ0n) is 9.67. The zero-order chi connectivity index (χ0) is 11.1. The Morgan fingerprint density at radius 2 is 1.71 bits per heavy atom. The molecule has 0 radical (unpaired) electrons. The number of amides is 1. The third-order valence-electron chi connectivity index (χ3n) is 2.97. The van der Waals surface area contributed by atoms with Crippen molar-refractivity contribution in [3.8, 4) is 0 Å². The molecular formula is C11H20INO. The van der Waals surface area contributed by atoms with Crippen molar-refractivity contribution in [2.75, 3.05) is 0 Å². The van der Waals surface area contributed by atoms with Gasteiger partial charge in [0.25, 0.3) is 0 Å². The Balaban J connectivity index is 2.75. The monoisotopic (exact) mass is 309 g/mol. The van der Waals surface area contributed by atoms with E-state index in [1.54, 1.807) is 0 Å². The molecule has 1 fully saturated rings. The number of carbonyl (C=O) groups excluding carboxylic acids is 1. The van der Waals surface area contributed by atoms with Crippen LogP contribution in [-0.2, 0) is 4.79 Å². The van der Waals surface area contributed by atoms with Gasteiger partial charge in [-0.2, -0.15) is 0 Å². The van der Waals surface area contributed by atoms with Gasteiger partial charge in [-0.3, -0.25) is 4.79 Å². The first-order valence-corrected chi connectivity index (χ1v) is 6.52. The summed E-state index contributed by atoms with van der Waals surface area (Å²) in [5.41, 5.74) is -0.0743. The third kappa shape index (κ3) is 2.07. The van der Waals surface area contributed by atoms with Crippen LogP contribution < -0.4 is 0 Å². The van der Waals surface area contributed by atoms with E-state index in [0.29, 0.717) is 21.9 Å². The van der Waals surface area contributed by atoms with Crippen molar-refractivity contribution in [3.05, 3.63) is 0 Å². The van der Waals surface area contributed by atoms with Crippen LogP contribution in [0.25, 0.3) is 0 Å². The van der Waals surface area contributed by atoms with Crippen molar-refractivity contribution in [2.45, 2.75) is 57.0 Å². The summed E-state index contributed by atoms with van der Waals surface area (Å²) in [6, 6.07) is 0.618. The molecule has 0 spiro atoms. The van der Waals surface area contributed by atoms with E-state index in [2.05, 4.69) is 57.2 Å². The predicted octanol–water partition coefficient (Wildman–Crippen LogP) is 2.85. The van der Waals surface area contributed by atoms with Gasteiger partial charge in [-0.1, -0.05) is 22.6 Å². The van der Waals surface area contributed by atoms with E-state index < -0.39 is 0 Å². The molecule has 0 aliphatic heterocycles. The number of alkyl halides is 1. The summed E-state index contributed by atoms with van der Waals surface area (Å²) in [6.07, 6.45) is 1.04. The van der Waals surface area contributed by atoms with Crippen molar-refractivity contribution in [2.24, 2.45) is 5.41 Å². The summed E-state index contributed by atoms with van der Waals surface area (Å²) in [5.74, 6) is 0.335. The Morgan fingerprint density at radius 3 is 1.93 bits per heavy atom. The Labute approximate surface area is 101 Å². The SMILES string of the molecule is CC(C)N(C(=O)[C@]1(C)C[C@@H]1I)C(C)C. The van der Waals surface area contributed by atoms with Crippen molar-refractivity contribution in [1.29, 1.82) is 0 Å². The smallest absolute Gasteiger partial charge is 0.230 e. The van der Waals surface area contributed by atoms with Crippen LogP contribution >= 0.6 is 22.6 Å². The van der Waals surface area contributed by atoms with Crippen LogP contribution in [0.4, 0.5) is 0 Å². The first-order chi connectivity index (χ1) is 6.30. The second-order valence-electron chi connectivity index (χ2n) is 4.99. The van der Waals surface area contributed by atoms with E-state index in [1.165, 1.54) is 0 Å². The Morgan fingerprint density at radius 1 is 1.36 bits per heavy atom. The van der Waals surface area contributed by atoms with Crippen LogP contribution in [0.3, 0.4) is 0 Å². The molecule has 0 heterocycles. The summed E-state index contributed by atoms with van der Waals surface area (Å²) in [5, 5.41) is 0. The number of hydrogen-bond acceptors (Lipinski definition) is 1. The lowest BCUT2D eigenvalue weighted by molar-refractivity contribution is -0.139. The molecule has 1 aliphatic carbocycles. The maximum Gasteiger partial charge on any atom is 0.230 e. The number of nitrogens with zero attached hydrogens (tertiary/aromatic N) is 1. The van der Waals surface area contributed by atoms with E-state index in [-0.39, 0.29) is 5.41 Å². The fourth-order valence-corrected chi connectivity index (χ4v) is 3.08. The maximum absolute atomic E-state index is 12.2. The van der Waals surface area contributed by atoms with E-state index in [9.17, 15) is 4.79 Å². The summed E-state index contributed by atoms with van der Waals surface area (Å²) in [6.45, 7) is 10.4. The lowest BCUT2D eigenvalue weighted by Crippen LogP contribution is -2.45. The van der Waals surface area contributed by atoms with E-state index in [0.717, 1.165) is 6.42 Å². The molecule has 0 N–H and O–H groups in total. The second-order valence-corrected chi connectivity index (χ2v) is 6.49. The quantitative estimate of drug-likeness (QED) is 0.580. The average Bonchev–Trinajstić information content (AvgIpc) is 2.59. The van der Waals surface area contributed by atoms with Gasteiger partial charge in [0, 0.05) is 16.0 Å². The topological polar surface area (TPSA) is 20.3 Å². The molecule has 2 nitrogen and oxygen atoms in total. The van der Waals surface area contributed by atoms with Gasteiger partial charge in [0.1, 0.15) is 0 Å². The van der Waals surface area contributed by atoms with Crippen LogP contribution in [0.2, 0.25) is 0 Å². The Kier molecular flexibility index (Phi) is 3.49. The van der Waals surface area contributed by atoms with Gasteiger partial charge >= 0.3 is 0 Å². The summed E-state index contributed by atoms with van der Waals surface area (Å²) in [7, 11) is 0. The van der Waals surface area contributed by atoms with Crippen molar-refractivity contribution < 1.29 is 4.79 Å². The van der Waals surface area contributed by atoms with Gasteiger partial charge < -0.3 is 4.90 Å². The standard InChI is InChI=1S/C11H20INO/c1-7(2)13(8(3)4)10(14)11(5)6-9(11)12/h7-9H,6H2,1-5H3/t9-,11+/m0/s1. The zero-order valence-corrected chi connectivity index (χ0v) is 11.8. The fraction of sp³-hybridized carbons (Fsp3) is 0.909. The summed E-state index contributed by atoms with van der Waals surface area (Å²) in [4.78, 5) is 14.3. The molecule has 1 rings (SSSR count). The van der Waals surface area contributed by atoms with Crippen LogP contribution in [0.5, 0.6) is 0 Å². The largest absolute Gasteiger partial charge is 0.337 e. The van der Waals surface area contributed by atoms with Crippen LogP contribution in [-0.4, -0.2) is 26.8 Å². The molecule has 0 aromatic heterocycles. The number of hydrogen-bond donors (Lipinski definition) is 0. The van der Waals surface area contributed by atoms with Gasteiger partial charge in [-0.15, -0.1) is 0 Å². The highest BCUT2D eigenvalue weighted by Crippen LogP contribution is 2.53. The van der Waals surface area contributed by atoms with Crippen LogP contribution in [0.15, 0.2) is 0 Å². The molecule has 14 heavy (non-hydrogen) atoms. The lowest BCUT2D eigenvalue weighted by Gasteiger charge is -2.33. The van der Waals surface area contributed by atoms with Crippen molar-refractivity contribution >= 4 is 28.5 Å². The van der Waals surface area contributed by atoms with Crippen LogP contribution in [0.1, 0.15) is 41.0 Å².